The van der Waals surface area contributed by atoms with Gasteiger partial charge in [-0.1, -0.05) is 6.07 Å². The summed E-state index contributed by atoms with van der Waals surface area (Å²) in [5.74, 6) is -0.741. The molecule has 2 heterocycles. The van der Waals surface area contributed by atoms with Gasteiger partial charge >= 0.3 is 5.97 Å². The Hall–Kier alpha value is -2.23. The van der Waals surface area contributed by atoms with Crippen molar-refractivity contribution >= 4 is 17.8 Å². The normalized spacial score (nSPS) is 15.5. The molecule has 9 nitrogen and oxygen atoms in total. The molecule has 9 heteroatoms. The Morgan fingerprint density at radius 3 is 2.68 bits per heavy atom. The minimum Gasteiger partial charge on any atom is -0.481 e. The molecule has 0 bridgehead atoms. The number of methoxy groups -OCH3 is 1. The van der Waals surface area contributed by atoms with Gasteiger partial charge in [-0.25, -0.2) is 4.98 Å². The number of carboxylic acid groups (broad SMARTS) is 2. The molecule has 2 unspecified atom stereocenters. The summed E-state index contributed by atoms with van der Waals surface area (Å²) in [7, 11) is 1.71. The van der Waals surface area contributed by atoms with Crippen LogP contribution in [-0.4, -0.2) is 65.5 Å². The molecule has 0 radical (unpaired) electrons. The van der Waals surface area contributed by atoms with Gasteiger partial charge in [0.2, 0.25) is 0 Å². The molecule has 0 amide bonds. The number of ether oxygens (including phenoxy) is 1. The summed E-state index contributed by atoms with van der Waals surface area (Å²) in [4.78, 5) is 24.6. The molecule has 1 aromatic heterocycles. The largest absolute Gasteiger partial charge is 0.481 e. The molecule has 0 spiro atoms. The van der Waals surface area contributed by atoms with E-state index in [2.05, 4.69) is 22.8 Å². The lowest BCUT2D eigenvalue weighted by Gasteiger charge is -2.22. The highest BCUT2D eigenvalue weighted by Gasteiger charge is 2.16. The molecule has 176 valence electrons. The Morgan fingerprint density at radius 2 is 2.03 bits per heavy atom. The fraction of sp³-hybridized carbons (Fsp3) is 0.682. The molecule has 31 heavy (non-hydrogen) atoms. The standard InChI is InChI=1S/C20H34N4O3.C2H4O2/c1-14(27-2)13-17(22-12-10-18(21)20(25)26)7-3-6-16-9-8-15-5-4-11-23-19(15)24-16;1-2(3)4/h8-9,14,17-18,22H,3-7,10-13,21H2,1-2H3,(H,23,24)(H,25,26);1H3,(H,3,4)/t14?,17-,18?;/m1./s1. The van der Waals surface area contributed by atoms with Gasteiger partial charge in [-0.15, -0.1) is 0 Å². The minimum absolute atomic E-state index is 0.154. The zero-order valence-electron chi connectivity index (χ0n) is 18.9. The van der Waals surface area contributed by atoms with Crippen LogP contribution in [0.3, 0.4) is 0 Å². The Balaban J connectivity index is 0.00000110. The van der Waals surface area contributed by atoms with Gasteiger partial charge in [-0.05, 0) is 70.0 Å². The number of fused-ring (bicyclic) bond motifs is 1. The molecule has 1 aliphatic rings. The molecule has 1 aromatic rings. The molecule has 2 rings (SSSR count). The first-order valence-corrected chi connectivity index (χ1v) is 10.9. The number of pyridine rings is 1. The van der Waals surface area contributed by atoms with Gasteiger partial charge in [-0.3, -0.25) is 9.59 Å². The number of rotatable bonds is 12. The first-order valence-electron chi connectivity index (χ1n) is 10.9. The van der Waals surface area contributed by atoms with Crippen LogP contribution in [-0.2, 0) is 27.2 Å². The number of aliphatic carboxylic acids is 2. The van der Waals surface area contributed by atoms with Crippen LogP contribution in [0.1, 0.15) is 57.2 Å². The van der Waals surface area contributed by atoms with Crippen LogP contribution in [0.15, 0.2) is 12.1 Å². The van der Waals surface area contributed by atoms with Crippen LogP contribution >= 0.6 is 0 Å². The summed E-state index contributed by atoms with van der Waals surface area (Å²) in [6.45, 7) is 4.73. The molecule has 3 atom stereocenters. The van der Waals surface area contributed by atoms with Gasteiger partial charge in [0.25, 0.3) is 5.97 Å². The van der Waals surface area contributed by atoms with E-state index in [1.807, 2.05) is 6.92 Å². The van der Waals surface area contributed by atoms with E-state index in [4.69, 9.17) is 30.5 Å². The number of hydrogen-bond acceptors (Lipinski definition) is 7. The molecule has 0 aromatic carbocycles. The Kier molecular flexibility index (Phi) is 12.7. The molecular formula is C22H38N4O5. The van der Waals surface area contributed by atoms with Crippen molar-refractivity contribution < 1.29 is 24.5 Å². The molecule has 0 fully saturated rings. The van der Waals surface area contributed by atoms with Gasteiger partial charge in [0.15, 0.2) is 0 Å². The maximum absolute atomic E-state index is 10.8. The quantitative estimate of drug-likeness (QED) is 0.331. The maximum Gasteiger partial charge on any atom is 0.320 e. The number of nitrogens with one attached hydrogen (secondary N) is 2. The van der Waals surface area contributed by atoms with E-state index in [9.17, 15) is 4.79 Å². The van der Waals surface area contributed by atoms with Crippen molar-refractivity contribution in [3.05, 3.63) is 23.4 Å². The minimum atomic E-state index is -0.953. The van der Waals surface area contributed by atoms with Crippen LogP contribution in [0, 0.1) is 0 Å². The second kappa shape index (κ2) is 14.7. The van der Waals surface area contributed by atoms with Crippen molar-refractivity contribution in [2.45, 2.75) is 77.0 Å². The van der Waals surface area contributed by atoms with Crippen LogP contribution in [0.2, 0.25) is 0 Å². The molecule has 0 saturated heterocycles. The topological polar surface area (TPSA) is 147 Å². The number of anilines is 1. The monoisotopic (exact) mass is 438 g/mol. The number of aromatic nitrogens is 1. The number of nitrogens with two attached hydrogens (primary N) is 1. The summed E-state index contributed by atoms with van der Waals surface area (Å²) in [5.41, 5.74) is 8.02. The zero-order chi connectivity index (χ0) is 23.2. The van der Waals surface area contributed by atoms with Crippen LogP contribution in [0.25, 0.3) is 0 Å². The van der Waals surface area contributed by atoms with Crippen molar-refractivity contribution in [3.63, 3.8) is 0 Å². The summed E-state index contributed by atoms with van der Waals surface area (Å²) in [5, 5.41) is 23.1. The highest BCUT2D eigenvalue weighted by atomic mass is 16.5. The molecule has 6 N–H and O–H groups in total. The van der Waals surface area contributed by atoms with E-state index in [1.165, 1.54) is 12.0 Å². The Labute approximate surface area is 184 Å². The summed E-state index contributed by atoms with van der Waals surface area (Å²) >= 11 is 0. The summed E-state index contributed by atoms with van der Waals surface area (Å²) in [6.07, 6.45) is 6.68. The number of carbonyl (C=O) groups is 2. The molecule has 1 aliphatic heterocycles. The number of nitrogens with zero attached hydrogens (tertiary/aromatic N) is 1. The van der Waals surface area contributed by atoms with E-state index in [-0.39, 0.29) is 12.1 Å². The zero-order valence-corrected chi connectivity index (χ0v) is 18.9. The molecular weight excluding hydrogens is 400 g/mol. The lowest BCUT2D eigenvalue weighted by atomic mass is 10.0. The van der Waals surface area contributed by atoms with E-state index in [0.717, 1.165) is 57.1 Å². The van der Waals surface area contributed by atoms with Crippen LogP contribution in [0.4, 0.5) is 5.82 Å². The SMILES string of the molecule is CC(=O)O.COC(C)C[C@@H](CCCc1ccc2c(n1)NCCC2)NCCC(N)C(=O)O. The molecule has 0 saturated carbocycles. The van der Waals surface area contributed by atoms with Crippen LogP contribution < -0.4 is 16.4 Å². The fourth-order valence-electron chi connectivity index (χ4n) is 3.40. The van der Waals surface area contributed by atoms with Gasteiger partial charge in [0.05, 0.1) is 6.10 Å². The molecule has 0 aliphatic carbocycles. The smallest absolute Gasteiger partial charge is 0.320 e. The lowest BCUT2D eigenvalue weighted by molar-refractivity contribution is -0.138. The summed E-state index contributed by atoms with van der Waals surface area (Å²) in [6, 6.07) is 3.79. The van der Waals surface area contributed by atoms with Crippen molar-refractivity contribution in [3.8, 4) is 0 Å². The van der Waals surface area contributed by atoms with Crippen molar-refractivity contribution in [1.82, 2.24) is 10.3 Å². The highest BCUT2D eigenvalue weighted by Crippen LogP contribution is 2.20. The Morgan fingerprint density at radius 1 is 1.32 bits per heavy atom. The first-order chi connectivity index (χ1) is 14.7. The third kappa shape index (κ3) is 11.7. The Bertz CT molecular complexity index is 682. The average Bonchev–Trinajstić information content (AvgIpc) is 2.72. The highest BCUT2D eigenvalue weighted by molar-refractivity contribution is 5.72. The number of aryl methyl sites for hydroxylation is 2. The number of carboxylic acids is 2. The predicted molar refractivity (Wildman–Crippen MR) is 120 cm³/mol. The van der Waals surface area contributed by atoms with Crippen LogP contribution in [0.5, 0.6) is 0 Å². The fourth-order valence-corrected chi connectivity index (χ4v) is 3.40. The predicted octanol–water partition coefficient (Wildman–Crippen LogP) is 2.04. The first kappa shape index (κ1) is 26.8. The summed E-state index contributed by atoms with van der Waals surface area (Å²) < 4.78 is 5.39. The third-order valence-corrected chi connectivity index (χ3v) is 5.16. The number of hydrogen-bond donors (Lipinski definition) is 5. The van der Waals surface area contributed by atoms with Gasteiger partial charge in [0, 0.05) is 32.3 Å². The van der Waals surface area contributed by atoms with Crippen molar-refractivity contribution in [2.75, 3.05) is 25.5 Å². The maximum atomic E-state index is 10.8. The van der Waals surface area contributed by atoms with Gasteiger partial charge in [0.1, 0.15) is 11.9 Å². The van der Waals surface area contributed by atoms with E-state index in [1.54, 1.807) is 7.11 Å². The lowest BCUT2D eigenvalue weighted by Crippen LogP contribution is -2.38. The van der Waals surface area contributed by atoms with Crippen molar-refractivity contribution in [2.24, 2.45) is 5.73 Å². The van der Waals surface area contributed by atoms with Gasteiger partial charge in [-0.2, -0.15) is 0 Å². The van der Waals surface area contributed by atoms with E-state index in [0.29, 0.717) is 13.0 Å². The third-order valence-electron chi connectivity index (χ3n) is 5.16. The van der Waals surface area contributed by atoms with Gasteiger partial charge < -0.3 is 31.3 Å². The average molecular weight is 439 g/mol. The van der Waals surface area contributed by atoms with E-state index >= 15 is 0 Å². The van der Waals surface area contributed by atoms with E-state index < -0.39 is 18.0 Å². The van der Waals surface area contributed by atoms with Crippen molar-refractivity contribution in [1.29, 1.82) is 0 Å². The second-order valence-electron chi connectivity index (χ2n) is 7.92. The second-order valence-corrected chi connectivity index (χ2v) is 7.92.